The molecule has 0 aliphatic heterocycles. The quantitative estimate of drug-likeness (QED) is 0.0811. The van der Waals surface area contributed by atoms with Gasteiger partial charge in [-0.1, -0.05) is 18.2 Å². The summed E-state index contributed by atoms with van der Waals surface area (Å²) < 4.78 is 45.7. The summed E-state index contributed by atoms with van der Waals surface area (Å²) in [6, 6.07) is 24.8. The number of hydrogen-bond acceptors (Lipinski definition) is 11. The highest BCUT2D eigenvalue weighted by molar-refractivity contribution is 7.99. The maximum Gasteiger partial charge on any atom is 0.239 e. The first-order valence-electron chi connectivity index (χ1n) is 15.8. The number of benzene rings is 4. The molecule has 0 aliphatic carbocycles. The van der Waals surface area contributed by atoms with E-state index in [1.807, 2.05) is 42.5 Å². The summed E-state index contributed by atoms with van der Waals surface area (Å²) >= 11 is 1.71. The van der Waals surface area contributed by atoms with E-state index < -0.39 is 0 Å². The van der Waals surface area contributed by atoms with Crippen molar-refractivity contribution in [2.45, 2.75) is 11.3 Å². The van der Waals surface area contributed by atoms with E-state index in [-0.39, 0.29) is 34.5 Å². The van der Waals surface area contributed by atoms with Crippen LogP contribution in [0.3, 0.4) is 0 Å². The summed E-state index contributed by atoms with van der Waals surface area (Å²) in [6.45, 7) is 0.244. The van der Waals surface area contributed by atoms with Crippen LogP contribution in [0.5, 0.6) is 40.2 Å². The number of methoxy groups -OCH3 is 6. The predicted molar refractivity (Wildman–Crippen MR) is 195 cm³/mol. The van der Waals surface area contributed by atoms with Crippen molar-refractivity contribution >= 4 is 33.6 Å². The average Bonchev–Trinajstić information content (AvgIpc) is 3.16. The van der Waals surface area contributed by atoms with Crippen LogP contribution in [-0.4, -0.2) is 60.0 Å². The molecule has 0 saturated carbocycles. The standard InChI is InChI=1S/C39H37NO9S/c1-42-25-14-12-23(13-15-25)29-22-34(27-10-7-8-11-28(27)40-29)50-17-9-16-48-39-36(41)35-30(44-3)20-26(43-2)21-31(35)49-37(39)24-18-32(45-4)38(47-6)33(19-24)46-5/h7-8,10-15,18-22H,9,16-17H2,1-6H3. The summed E-state index contributed by atoms with van der Waals surface area (Å²) in [5.74, 6) is 3.72. The first kappa shape index (κ1) is 34.3. The molecule has 0 spiro atoms. The number of thioether (sulfide) groups is 1. The molecule has 0 atom stereocenters. The first-order chi connectivity index (χ1) is 24.4. The summed E-state index contributed by atoms with van der Waals surface area (Å²) in [5.41, 5.74) is 3.17. The van der Waals surface area contributed by atoms with Gasteiger partial charge in [-0.25, -0.2) is 4.98 Å². The fourth-order valence-electron chi connectivity index (χ4n) is 5.64. The largest absolute Gasteiger partial charge is 0.497 e. The Balaban J connectivity index is 1.31. The fourth-order valence-corrected chi connectivity index (χ4v) is 6.65. The second kappa shape index (κ2) is 15.3. The summed E-state index contributed by atoms with van der Waals surface area (Å²) in [4.78, 5) is 20.2. The van der Waals surface area contributed by atoms with Gasteiger partial charge in [-0.2, -0.15) is 0 Å². The molecule has 0 aliphatic rings. The number of rotatable bonds is 14. The van der Waals surface area contributed by atoms with Gasteiger partial charge in [-0.15, -0.1) is 11.8 Å². The number of nitrogens with zero attached hydrogens (tertiary/aromatic N) is 1. The van der Waals surface area contributed by atoms with Gasteiger partial charge in [0.1, 0.15) is 28.2 Å². The van der Waals surface area contributed by atoms with Crippen LogP contribution in [0.15, 0.2) is 93.0 Å². The molecule has 2 heterocycles. The van der Waals surface area contributed by atoms with Crippen LogP contribution < -0.4 is 38.6 Å². The van der Waals surface area contributed by atoms with Crippen LogP contribution in [0.2, 0.25) is 0 Å². The minimum Gasteiger partial charge on any atom is -0.497 e. The summed E-state index contributed by atoms with van der Waals surface area (Å²) in [6.07, 6.45) is 0.630. The van der Waals surface area contributed by atoms with Crippen LogP contribution in [0.25, 0.3) is 44.5 Å². The highest BCUT2D eigenvalue weighted by Gasteiger charge is 2.24. The Kier molecular flexibility index (Phi) is 10.5. The van der Waals surface area contributed by atoms with Crippen molar-refractivity contribution in [3.8, 4) is 62.8 Å². The topological polar surface area (TPSA) is 108 Å². The van der Waals surface area contributed by atoms with Crippen molar-refractivity contribution in [1.82, 2.24) is 4.98 Å². The maximum atomic E-state index is 14.2. The lowest BCUT2D eigenvalue weighted by atomic mass is 10.1. The average molecular weight is 696 g/mol. The van der Waals surface area contributed by atoms with E-state index in [2.05, 4.69) is 12.1 Å². The third-order valence-corrected chi connectivity index (χ3v) is 9.27. The molecule has 0 radical (unpaired) electrons. The van der Waals surface area contributed by atoms with Crippen LogP contribution >= 0.6 is 11.8 Å². The Morgan fingerprint density at radius 1 is 0.680 bits per heavy atom. The highest BCUT2D eigenvalue weighted by atomic mass is 32.2. The Morgan fingerprint density at radius 2 is 1.38 bits per heavy atom. The minimum absolute atomic E-state index is 0.0383. The maximum absolute atomic E-state index is 14.2. The van der Waals surface area contributed by atoms with Crippen LogP contribution in [0.4, 0.5) is 0 Å². The van der Waals surface area contributed by atoms with Crippen molar-refractivity contribution in [2.75, 3.05) is 55.0 Å². The number of fused-ring (bicyclic) bond motifs is 2. The molecule has 0 fully saturated rings. The van der Waals surface area contributed by atoms with Gasteiger partial charge in [0, 0.05) is 39.3 Å². The molecule has 11 heteroatoms. The molecular weight excluding hydrogens is 658 g/mol. The number of pyridine rings is 1. The van der Waals surface area contributed by atoms with Gasteiger partial charge in [0.2, 0.25) is 16.9 Å². The second-order valence-corrected chi connectivity index (χ2v) is 12.1. The van der Waals surface area contributed by atoms with Crippen LogP contribution in [0.1, 0.15) is 6.42 Å². The Hall–Kier alpha value is -5.55. The van der Waals surface area contributed by atoms with Crippen molar-refractivity contribution in [3.63, 3.8) is 0 Å². The molecule has 10 nitrogen and oxygen atoms in total. The molecule has 0 saturated heterocycles. The molecule has 50 heavy (non-hydrogen) atoms. The molecule has 6 rings (SSSR count). The van der Waals surface area contributed by atoms with E-state index in [1.54, 1.807) is 43.1 Å². The number of aromatic nitrogens is 1. The first-order valence-corrected chi connectivity index (χ1v) is 16.7. The SMILES string of the molecule is COc1ccc(-c2cc(SCCCOc3c(-c4cc(OC)c(OC)c(OC)c4)oc4cc(OC)cc(OC)c4c3=O)c3ccccc3n2)cc1. The molecule has 6 aromatic rings. The summed E-state index contributed by atoms with van der Waals surface area (Å²) in [5, 5.41) is 1.31. The smallest absolute Gasteiger partial charge is 0.239 e. The van der Waals surface area contributed by atoms with Crippen molar-refractivity contribution in [3.05, 3.63) is 89.1 Å². The molecule has 2 aromatic heterocycles. The third kappa shape index (κ3) is 6.81. The molecule has 0 amide bonds. The van der Waals surface area contributed by atoms with E-state index >= 15 is 0 Å². The highest BCUT2D eigenvalue weighted by Crippen LogP contribution is 2.44. The third-order valence-electron chi connectivity index (χ3n) is 8.13. The van der Waals surface area contributed by atoms with Gasteiger partial charge in [0.25, 0.3) is 0 Å². The van der Waals surface area contributed by atoms with Gasteiger partial charge in [0.05, 0.1) is 60.5 Å². The van der Waals surface area contributed by atoms with E-state index in [0.29, 0.717) is 40.7 Å². The van der Waals surface area contributed by atoms with Crippen LogP contribution in [0, 0.1) is 0 Å². The van der Waals surface area contributed by atoms with Gasteiger partial charge in [0.15, 0.2) is 17.3 Å². The van der Waals surface area contributed by atoms with E-state index in [1.165, 1.54) is 35.5 Å². The molecule has 0 unspecified atom stereocenters. The number of para-hydroxylation sites is 1. The Morgan fingerprint density at radius 3 is 2.04 bits per heavy atom. The molecule has 0 bridgehead atoms. The normalized spacial score (nSPS) is 11.0. The zero-order valence-electron chi connectivity index (χ0n) is 28.7. The summed E-state index contributed by atoms with van der Waals surface area (Å²) in [7, 11) is 9.24. The van der Waals surface area contributed by atoms with Gasteiger partial charge in [-0.3, -0.25) is 4.79 Å². The van der Waals surface area contributed by atoms with E-state index in [4.69, 9.17) is 42.6 Å². The Bertz CT molecular complexity index is 2170. The van der Waals surface area contributed by atoms with Crippen molar-refractivity contribution < 1.29 is 37.6 Å². The number of hydrogen-bond donors (Lipinski definition) is 0. The van der Waals surface area contributed by atoms with Crippen molar-refractivity contribution in [1.29, 1.82) is 0 Å². The molecule has 258 valence electrons. The minimum atomic E-state index is -0.383. The van der Waals surface area contributed by atoms with E-state index in [0.717, 1.165) is 38.6 Å². The lowest BCUT2D eigenvalue weighted by molar-refractivity contribution is 0.309. The molecular formula is C39H37NO9S. The lowest BCUT2D eigenvalue weighted by Crippen LogP contribution is -2.12. The lowest BCUT2D eigenvalue weighted by Gasteiger charge is -2.17. The monoisotopic (exact) mass is 695 g/mol. The van der Waals surface area contributed by atoms with Crippen molar-refractivity contribution in [2.24, 2.45) is 0 Å². The molecule has 0 N–H and O–H groups in total. The zero-order chi connectivity index (χ0) is 35.2. The zero-order valence-corrected chi connectivity index (χ0v) is 29.5. The fraction of sp³-hybridized carbons (Fsp3) is 0.231. The van der Waals surface area contributed by atoms with Crippen LogP contribution in [-0.2, 0) is 0 Å². The van der Waals surface area contributed by atoms with Gasteiger partial charge in [-0.05, 0) is 55.0 Å². The number of ether oxygens (including phenoxy) is 7. The molecule has 4 aromatic carbocycles. The second-order valence-electron chi connectivity index (χ2n) is 11.0. The van der Waals surface area contributed by atoms with Gasteiger partial charge < -0.3 is 37.6 Å². The van der Waals surface area contributed by atoms with Gasteiger partial charge >= 0.3 is 0 Å². The van der Waals surface area contributed by atoms with E-state index in [9.17, 15) is 4.79 Å². The predicted octanol–water partition coefficient (Wildman–Crippen LogP) is 8.29. The Labute approximate surface area is 293 Å².